The van der Waals surface area contributed by atoms with Crippen molar-refractivity contribution < 1.29 is 14.3 Å². The molecule has 0 saturated carbocycles. The van der Waals surface area contributed by atoms with Crippen LogP contribution in [0.5, 0.6) is 0 Å². The van der Waals surface area contributed by atoms with Crippen molar-refractivity contribution >= 4 is 40.2 Å². The van der Waals surface area contributed by atoms with Crippen LogP contribution in [0.2, 0.25) is 0 Å². The minimum atomic E-state index is -0.431. The number of pyridine rings is 1. The number of nitrogens with zero attached hydrogens (tertiary/aromatic N) is 4. The summed E-state index contributed by atoms with van der Waals surface area (Å²) in [6.45, 7) is 4.15. The lowest BCUT2D eigenvalue weighted by atomic mass is 10.1. The van der Waals surface area contributed by atoms with Gasteiger partial charge in [0.2, 0.25) is 5.91 Å². The second-order valence-corrected chi connectivity index (χ2v) is 8.38. The third-order valence-corrected chi connectivity index (χ3v) is 6.34. The van der Waals surface area contributed by atoms with Crippen LogP contribution < -0.4 is 10.2 Å². The lowest BCUT2D eigenvalue weighted by molar-refractivity contribution is -0.129. The predicted octanol–water partition coefficient (Wildman–Crippen LogP) is 1.61. The maximum atomic E-state index is 12.9. The number of nitrogens with one attached hydrogen (secondary N) is 1. The van der Waals surface area contributed by atoms with Gasteiger partial charge in [-0.2, -0.15) is 5.26 Å². The molecule has 0 radical (unpaired) electrons. The van der Waals surface area contributed by atoms with E-state index in [1.165, 1.54) is 16.7 Å². The molecule has 9 heteroatoms. The zero-order valence-corrected chi connectivity index (χ0v) is 17.5. The average Bonchev–Trinajstić information content (AvgIpc) is 3.25. The van der Waals surface area contributed by atoms with Crippen molar-refractivity contribution in [3.8, 4) is 6.07 Å². The molecule has 0 bridgehead atoms. The van der Waals surface area contributed by atoms with Crippen LogP contribution in [-0.2, 0) is 9.53 Å². The van der Waals surface area contributed by atoms with Crippen molar-refractivity contribution in [1.82, 2.24) is 15.2 Å². The molecule has 2 atom stereocenters. The normalized spacial score (nSPS) is 21.5. The zero-order chi connectivity index (χ0) is 21.1. The fourth-order valence-corrected chi connectivity index (χ4v) is 4.83. The van der Waals surface area contributed by atoms with Crippen LogP contribution in [0.1, 0.15) is 17.3 Å². The number of benzene rings is 1. The van der Waals surface area contributed by atoms with Crippen LogP contribution in [0.4, 0.5) is 5.69 Å². The molecule has 2 fully saturated rings. The molecule has 4 rings (SSSR count). The quantitative estimate of drug-likeness (QED) is 0.795. The van der Waals surface area contributed by atoms with Crippen molar-refractivity contribution in [1.29, 1.82) is 5.26 Å². The van der Waals surface area contributed by atoms with Gasteiger partial charge in [-0.25, -0.2) is 0 Å². The van der Waals surface area contributed by atoms with Gasteiger partial charge in [-0.05, 0) is 31.2 Å². The van der Waals surface area contributed by atoms with Crippen LogP contribution in [0.3, 0.4) is 0 Å². The third kappa shape index (κ3) is 4.20. The molecule has 0 aliphatic carbocycles. The van der Waals surface area contributed by atoms with E-state index in [-0.39, 0.29) is 24.5 Å². The fraction of sp³-hybridized carbons (Fsp3) is 0.429. The van der Waals surface area contributed by atoms with Gasteiger partial charge < -0.3 is 19.9 Å². The minimum absolute atomic E-state index is 0.137. The second kappa shape index (κ2) is 8.90. The topological polar surface area (TPSA) is 98.6 Å². The van der Waals surface area contributed by atoms with E-state index >= 15 is 0 Å². The van der Waals surface area contributed by atoms with Gasteiger partial charge in [0.15, 0.2) is 0 Å². The van der Waals surface area contributed by atoms with E-state index in [0.717, 1.165) is 29.7 Å². The first-order valence-electron chi connectivity index (χ1n) is 9.87. The van der Waals surface area contributed by atoms with Gasteiger partial charge in [0, 0.05) is 36.1 Å². The molecule has 2 aliphatic heterocycles. The van der Waals surface area contributed by atoms with E-state index in [9.17, 15) is 9.59 Å². The van der Waals surface area contributed by atoms with Crippen LogP contribution >= 0.6 is 11.8 Å². The van der Waals surface area contributed by atoms with Gasteiger partial charge in [0.1, 0.15) is 6.04 Å². The highest BCUT2D eigenvalue weighted by Gasteiger charge is 2.29. The summed E-state index contributed by atoms with van der Waals surface area (Å²) in [5.74, 6) is 0.505. The molecule has 3 heterocycles. The highest BCUT2D eigenvalue weighted by Crippen LogP contribution is 2.25. The number of hydrogen-bond donors (Lipinski definition) is 1. The predicted molar refractivity (Wildman–Crippen MR) is 115 cm³/mol. The lowest BCUT2D eigenvalue weighted by Gasteiger charge is -2.33. The van der Waals surface area contributed by atoms with E-state index in [2.05, 4.69) is 21.3 Å². The maximum absolute atomic E-state index is 12.9. The number of morpholine rings is 1. The van der Waals surface area contributed by atoms with E-state index in [0.29, 0.717) is 23.8 Å². The summed E-state index contributed by atoms with van der Waals surface area (Å²) >= 11 is 1.54. The van der Waals surface area contributed by atoms with Gasteiger partial charge in [-0.3, -0.25) is 14.6 Å². The molecule has 2 saturated heterocycles. The summed E-state index contributed by atoms with van der Waals surface area (Å²) in [4.78, 5) is 33.4. The third-order valence-electron chi connectivity index (χ3n) is 5.33. The number of fused-ring (bicyclic) bond motifs is 1. The van der Waals surface area contributed by atoms with Gasteiger partial charge in [-0.15, -0.1) is 11.8 Å². The van der Waals surface area contributed by atoms with Gasteiger partial charge in [0.05, 0.1) is 42.3 Å². The van der Waals surface area contributed by atoms with E-state index in [4.69, 9.17) is 10.00 Å². The van der Waals surface area contributed by atoms with Crippen LogP contribution in [0, 0.1) is 11.3 Å². The maximum Gasteiger partial charge on any atom is 0.252 e. The monoisotopic (exact) mass is 425 g/mol. The molecule has 2 unspecified atom stereocenters. The number of rotatable bonds is 4. The number of amides is 2. The Labute approximate surface area is 179 Å². The van der Waals surface area contributed by atoms with Crippen molar-refractivity contribution in [3.05, 3.63) is 36.0 Å². The van der Waals surface area contributed by atoms with E-state index in [1.807, 2.05) is 25.1 Å². The van der Waals surface area contributed by atoms with Crippen molar-refractivity contribution in [3.63, 3.8) is 0 Å². The fourth-order valence-electron chi connectivity index (χ4n) is 3.73. The first-order valence-corrected chi connectivity index (χ1v) is 11.0. The van der Waals surface area contributed by atoms with Gasteiger partial charge in [0.25, 0.3) is 5.91 Å². The van der Waals surface area contributed by atoms with Gasteiger partial charge in [-0.1, -0.05) is 0 Å². The van der Waals surface area contributed by atoms with Crippen molar-refractivity contribution in [2.45, 2.75) is 19.1 Å². The number of aromatic nitrogens is 1. The van der Waals surface area contributed by atoms with E-state index < -0.39 is 6.04 Å². The Morgan fingerprint density at radius 2 is 2.27 bits per heavy atom. The van der Waals surface area contributed by atoms with Crippen LogP contribution in [-0.4, -0.2) is 71.7 Å². The summed E-state index contributed by atoms with van der Waals surface area (Å²) in [5, 5.41) is 12.6. The number of ether oxygens (including phenoxy) is 1. The number of thioether (sulfide) groups is 1. The molecular weight excluding hydrogens is 402 g/mol. The second-order valence-electron chi connectivity index (χ2n) is 7.38. The lowest BCUT2D eigenvalue weighted by Crippen LogP contribution is -2.42. The highest BCUT2D eigenvalue weighted by molar-refractivity contribution is 7.99. The Hall–Kier alpha value is -2.83. The smallest absolute Gasteiger partial charge is 0.252 e. The number of hydrogen-bond acceptors (Lipinski definition) is 7. The molecule has 2 aliphatic rings. The Morgan fingerprint density at radius 1 is 1.40 bits per heavy atom. The molecule has 1 N–H and O–H groups in total. The molecule has 2 amide bonds. The number of carbonyl (C=O) groups is 2. The molecule has 156 valence electrons. The Kier molecular flexibility index (Phi) is 6.06. The summed E-state index contributed by atoms with van der Waals surface area (Å²) in [5.41, 5.74) is 2.21. The molecule has 1 aromatic carbocycles. The molecule has 30 heavy (non-hydrogen) atoms. The van der Waals surface area contributed by atoms with Crippen LogP contribution in [0.25, 0.3) is 10.9 Å². The molecule has 1 aromatic heterocycles. The van der Waals surface area contributed by atoms with Crippen molar-refractivity contribution in [2.24, 2.45) is 0 Å². The number of carbonyl (C=O) groups excluding carboxylic acids is 2. The highest BCUT2D eigenvalue weighted by atomic mass is 32.2. The Morgan fingerprint density at radius 3 is 3.07 bits per heavy atom. The summed E-state index contributed by atoms with van der Waals surface area (Å²) in [6.07, 6.45) is 1.75. The summed E-state index contributed by atoms with van der Waals surface area (Å²) < 4.78 is 5.62. The van der Waals surface area contributed by atoms with Gasteiger partial charge >= 0.3 is 0 Å². The number of nitriles is 1. The molecular formula is C21H23N5O3S. The molecule has 8 nitrogen and oxygen atoms in total. The van der Waals surface area contributed by atoms with Crippen molar-refractivity contribution in [2.75, 3.05) is 42.8 Å². The SMILES string of the molecule is CC1CN(c2ccc3nccc(C(=O)NCC(=O)N4CSCC4C#N)c3c2)CCO1. The van der Waals surface area contributed by atoms with Crippen LogP contribution in [0.15, 0.2) is 30.5 Å². The largest absolute Gasteiger partial charge is 0.375 e. The first kappa shape index (κ1) is 20.4. The minimum Gasteiger partial charge on any atom is -0.375 e. The summed E-state index contributed by atoms with van der Waals surface area (Å²) in [7, 11) is 0. The molecule has 0 spiro atoms. The Balaban J connectivity index is 1.51. The first-order chi connectivity index (χ1) is 14.6. The summed E-state index contributed by atoms with van der Waals surface area (Å²) in [6, 6.07) is 9.25. The number of anilines is 1. The Bertz CT molecular complexity index is 1010. The standard InChI is InChI=1S/C21H23N5O3S/c1-14-11-25(6-7-29-14)15-2-3-19-18(8-15)17(4-5-23-19)21(28)24-10-20(27)26-13-30-12-16(26)9-22/h2-5,8,14,16H,6-7,10-13H2,1H3,(H,24,28). The molecule has 2 aromatic rings. The zero-order valence-electron chi connectivity index (χ0n) is 16.7. The average molecular weight is 426 g/mol. The van der Waals surface area contributed by atoms with E-state index in [1.54, 1.807) is 12.3 Å².